The van der Waals surface area contributed by atoms with Crippen molar-refractivity contribution in [3.05, 3.63) is 83.3 Å². The number of rotatable bonds is 7. The minimum Gasteiger partial charge on any atom is -0.463 e. The third kappa shape index (κ3) is 4.88. The highest BCUT2D eigenvalue weighted by Gasteiger charge is 2.13. The molecule has 4 aromatic rings. The number of fused-ring (bicyclic) bond motifs is 1. The highest BCUT2D eigenvalue weighted by Crippen LogP contribution is 2.25. The second kappa shape index (κ2) is 8.98. The summed E-state index contributed by atoms with van der Waals surface area (Å²) in [6.07, 6.45) is 3.00. The van der Waals surface area contributed by atoms with E-state index < -0.39 is 0 Å². The molecular weight excluding hydrogens is 408 g/mol. The normalized spacial score (nSPS) is 11.3. The Morgan fingerprint density at radius 3 is 2.79 bits per heavy atom. The van der Waals surface area contributed by atoms with Gasteiger partial charge in [-0.1, -0.05) is 47.6 Å². The molecule has 0 aliphatic carbocycles. The van der Waals surface area contributed by atoms with Crippen LogP contribution in [-0.4, -0.2) is 27.4 Å². The average molecular weight is 425 g/mol. The van der Waals surface area contributed by atoms with Crippen molar-refractivity contribution in [3.8, 4) is 0 Å². The average Bonchev–Trinajstić information content (AvgIpc) is 3.36. The number of carbonyl (C=O) groups is 1. The van der Waals surface area contributed by atoms with Crippen molar-refractivity contribution in [2.24, 2.45) is 5.10 Å². The molecule has 0 aliphatic heterocycles. The van der Waals surface area contributed by atoms with Crippen LogP contribution in [0.15, 0.2) is 81.6 Å². The zero-order valence-electron chi connectivity index (χ0n) is 15.3. The lowest BCUT2D eigenvalue weighted by Crippen LogP contribution is -2.20. The topological polar surface area (TPSA) is 72.4 Å². The predicted molar refractivity (Wildman–Crippen MR) is 115 cm³/mol. The molecule has 0 radical (unpaired) electrons. The van der Waals surface area contributed by atoms with Gasteiger partial charge in [0.15, 0.2) is 5.16 Å². The smallest absolute Gasteiger partial charge is 0.250 e. The molecule has 4 rings (SSSR count). The summed E-state index contributed by atoms with van der Waals surface area (Å²) >= 11 is 7.36. The monoisotopic (exact) mass is 424 g/mol. The number of nitrogens with zero attached hydrogens (tertiary/aromatic N) is 3. The van der Waals surface area contributed by atoms with E-state index in [1.807, 2.05) is 48.5 Å². The molecule has 0 atom stereocenters. The number of imidazole rings is 1. The van der Waals surface area contributed by atoms with Crippen molar-refractivity contribution < 1.29 is 9.21 Å². The Hall–Kier alpha value is -3.03. The first-order valence-corrected chi connectivity index (χ1v) is 10.2. The maximum absolute atomic E-state index is 12.1. The molecule has 0 aliphatic rings. The van der Waals surface area contributed by atoms with E-state index in [1.54, 1.807) is 18.4 Å². The van der Waals surface area contributed by atoms with Crippen molar-refractivity contribution in [2.75, 3.05) is 5.75 Å². The van der Waals surface area contributed by atoms with Crippen LogP contribution in [0, 0.1) is 0 Å². The van der Waals surface area contributed by atoms with Crippen LogP contribution >= 0.6 is 23.4 Å². The highest BCUT2D eigenvalue weighted by atomic mass is 35.5. The van der Waals surface area contributed by atoms with Crippen LogP contribution < -0.4 is 5.43 Å². The standard InChI is InChI=1S/C21H17ClN4O2S/c22-16-9-7-15(8-10-16)13-26-19-6-2-1-5-18(19)24-21(26)29-14-20(27)25-23-12-17-4-3-11-28-17/h1-12H,13-14H2,(H,25,27)/b23-12+. The van der Waals surface area contributed by atoms with E-state index in [4.69, 9.17) is 16.0 Å². The number of para-hydroxylation sites is 2. The molecule has 0 saturated heterocycles. The van der Waals surface area contributed by atoms with Gasteiger partial charge in [-0.3, -0.25) is 4.79 Å². The molecule has 1 amide bonds. The van der Waals surface area contributed by atoms with Crippen molar-refractivity contribution >= 4 is 46.5 Å². The van der Waals surface area contributed by atoms with Crippen LogP contribution in [0.1, 0.15) is 11.3 Å². The van der Waals surface area contributed by atoms with Gasteiger partial charge in [-0.25, -0.2) is 10.4 Å². The molecular formula is C21H17ClN4O2S. The maximum Gasteiger partial charge on any atom is 0.250 e. The molecule has 2 heterocycles. The zero-order chi connectivity index (χ0) is 20.1. The number of hydrogen-bond acceptors (Lipinski definition) is 5. The molecule has 1 N–H and O–H groups in total. The fourth-order valence-electron chi connectivity index (χ4n) is 2.78. The summed E-state index contributed by atoms with van der Waals surface area (Å²) < 4.78 is 7.23. The first-order valence-electron chi connectivity index (χ1n) is 8.87. The Balaban J connectivity index is 1.47. The van der Waals surface area contributed by atoms with Crippen molar-refractivity contribution in [1.82, 2.24) is 15.0 Å². The number of benzene rings is 2. The van der Waals surface area contributed by atoms with Crippen molar-refractivity contribution in [3.63, 3.8) is 0 Å². The summed E-state index contributed by atoms with van der Waals surface area (Å²) in [5, 5.41) is 5.37. The Bertz CT molecular complexity index is 1140. The van der Waals surface area contributed by atoms with E-state index in [-0.39, 0.29) is 11.7 Å². The number of furan rings is 1. The van der Waals surface area contributed by atoms with Gasteiger partial charge in [0, 0.05) is 5.02 Å². The van der Waals surface area contributed by atoms with Gasteiger partial charge in [0.25, 0.3) is 5.91 Å². The fourth-order valence-corrected chi connectivity index (χ4v) is 3.72. The first kappa shape index (κ1) is 19.3. The first-order chi connectivity index (χ1) is 14.2. The minimum absolute atomic E-state index is 0.194. The van der Waals surface area contributed by atoms with Crippen LogP contribution in [0.25, 0.3) is 11.0 Å². The summed E-state index contributed by atoms with van der Waals surface area (Å²) in [7, 11) is 0. The summed E-state index contributed by atoms with van der Waals surface area (Å²) in [5.41, 5.74) is 5.51. The second-order valence-corrected chi connectivity index (χ2v) is 7.57. The Labute approximate surface area is 176 Å². The molecule has 8 heteroatoms. The number of nitrogens with one attached hydrogen (secondary N) is 1. The Kier molecular flexibility index (Phi) is 5.97. The van der Waals surface area contributed by atoms with Crippen LogP contribution in [-0.2, 0) is 11.3 Å². The number of aromatic nitrogens is 2. The van der Waals surface area contributed by atoms with Gasteiger partial charge >= 0.3 is 0 Å². The van der Waals surface area contributed by atoms with Gasteiger partial charge in [0.05, 0.1) is 35.8 Å². The molecule has 6 nitrogen and oxygen atoms in total. The Morgan fingerprint density at radius 2 is 2.00 bits per heavy atom. The molecule has 0 spiro atoms. The molecule has 0 saturated carbocycles. The number of amides is 1. The van der Waals surface area contributed by atoms with E-state index in [9.17, 15) is 4.79 Å². The number of hydrazone groups is 1. The number of halogens is 1. The molecule has 0 unspecified atom stereocenters. The van der Waals surface area contributed by atoms with Crippen LogP contribution in [0.2, 0.25) is 5.02 Å². The van der Waals surface area contributed by atoms with Crippen molar-refractivity contribution in [1.29, 1.82) is 0 Å². The van der Waals surface area contributed by atoms with Gasteiger partial charge in [-0.2, -0.15) is 5.10 Å². The van der Waals surface area contributed by atoms with Crippen LogP contribution in [0.4, 0.5) is 0 Å². The summed E-state index contributed by atoms with van der Waals surface area (Å²) in [4.78, 5) is 16.8. The third-order valence-corrected chi connectivity index (χ3v) is 5.36. The number of thioether (sulfide) groups is 1. The second-order valence-electron chi connectivity index (χ2n) is 6.19. The SMILES string of the molecule is O=C(CSc1nc2ccccc2n1Cc1ccc(Cl)cc1)N/N=C/c1ccco1. The lowest BCUT2D eigenvalue weighted by Gasteiger charge is -2.09. The fraction of sp³-hybridized carbons (Fsp3) is 0.0952. The van der Waals surface area contributed by atoms with Gasteiger partial charge in [-0.15, -0.1) is 0 Å². The van der Waals surface area contributed by atoms with Gasteiger partial charge in [0.2, 0.25) is 0 Å². The molecule has 2 aromatic heterocycles. The maximum atomic E-state index is 12.1. The largest absolute Gasteiger partial charge is 0.463 e. The molecule has 0 fully saturated rings. The third-order valence-electron chi connectivity index (χ3n) is 4.13. The van der Waals surface area contributed by atoms with E-state index in [0.29, 0.717) is 17.3 Å². The van der Waals surface area contributed by atoms with Gasteiger partial charge < -0.3 is 8.98 Å². The lowest BCUT2D eigenvalue weighted by atomic mass is 10.2. The van der Waals surface area contributed by atoms with Crippen molar-refractivity contribution in [2.45, 2.75) is 11.7 Å². The number of carbonyl (C=O) groups excluding carboxylic acids is 1. The molecule has 2 aromatic carbocycles. The molecule has 0 bridgehead atoms. The Morgan fingerprint density at radius 1 is 1.17 bits per heavy atom. The zero-order valence-corrected chi connectivity index (χ0v) is 16.9. The quantitative estimate of drug-likeness (QED) is 0.268. The summed E-state index contributed by atoms with van der Waals surface area (Å²) in [5.74, 6) is 0.546. The van der Waals surface area contributed by atoms with Gasteiger partial charge in [-0.05, 0) is 42.0 Å². The highest BCUT2D eigenvalue weighted by molar-refractivity contribution is 7.99. The van der Waals surface area contributed by atoms with Gasteiger partial charge in [0.1, 0.15) is 5.76 Å². The summed E-state index contributed by atoms with van der Waals surface area (Å²) in [6, 6.07) is 19.1. The molecule has 29 heavy (non-hydrogen) atoms. The summed E-state index contributed by atoms with van der Waals surface area (Å²) in [6.45, 7) is 0.637. The molecule has 146 valence electrons. The minimum atomic E-state index is -0.220. The van der Waals surface area contributed by atoms with E-state index in [1.165, 1.54) is 18.0 Å². The van der Waals surface area contributed by atoms with E-state index >= 15 is 0 Å². The lowest BCUT2D eigenvalue weighted by molar-refractivity contribution is -0.118. The predicted octanol–water partition coefficient (Wildman–Crippen LogP) is 4.57. The van der Waals surface area contributed by atoms with E-state index in [2.05, 4.69) is 20.1 Å². The van der Waals surface area contributed by atoms with E-state index in [0.717, 1.165) is 21.8 Å². The van der Waals surface area contributed by atoms with Crippen LogP contribution in [0.3, 0.4) is 0 Å². The number of hydrogen-bond donors (Lipinski definition) is 1. The van der Waals surface area contributed by atoms with Crippen LogP contribution in [0.5, 0.6) is 0 Å².